The Hall–Kier alpha value is -1.06. The summed E-state index contributed by atoms with van der Waals surface area (Å²) in [5.74, 6) is 0.810. The minimum absolute atomic E-state index is 0.348. The van der Waals surface area contributed by atoms with Crippen LogP contribution in [0.25, 0.3) is 0 Å². The number of benzene rings is 1. The van der Waals surface area contributed by atoms with Crippen LogP contribution in [0.4, 0.5) is 0 Å². The largest absolute Gasteiger partial charge is 0.497 e. The van der Waals surface area contributed by atoms with Crippen molar-refractivity contribution < 1.29 is 14.6 Å². The second-order valence-corrected chi connectivity index (χ2v) is 4.16. The summed E-state index contributed by atoms with van der Waals surface area (Å²) in [5.41, 5.74) is 0.214. The number of hydrogen-bond acceptors (Lipinski definition) is 3. The molecule has 0 saturated heterocycles. The summed E-state index contributed by atoms with van der Waals surface area (Å²) in [7, 11) is 1.64. The molecule has 1 aromatic carbocycles. The average Bonchev–Trinajstić information content (AvgIpc) is 2.26. The predicted octanol–water partition coefficient (Wildman–Crippen LogP) is 2.03. The van der Waals surface area contributed by atoms with E-state index < -0.39 is 5.60 Å². The SMILES string of the molecule is CCOCC(C)(O)Cc1cccc(OC)c1. The minimum Gasteiger partial charge on any atom is -0.497 e. The van der Waals surface area contributed by atoms with Gasteiger partial charge in [0.2, 0.25) is 0 Å². The maximum absolute atomic E-state index is 10.1. The molecule has 0 spiro atoms. The molecule has 0 saturated carbocycles. The zero-order chi connectivity index (χ0) is 12.0. The lowest BCUT2D eigenvalue weighted by Crippen LogP contribution is -2.33. The maximum atomic E-state index is 10.1. The Kier molecular flexibility index (Phi) is 4.77. The molecule has 0 amide bonds. The molecule has 3 heteroatoms. The Morgan fingerprint density at radius 1 is 1.38 bits per heavy atom. The molecular weight excluding hydrogens is 204 g/mol. The summed E-state index contributed by atoms with van der Waals surface area (Å²) in [6, 6.07) is 7.72. The van der Waals surface area contributed by atoms with Crippen LogP contribution >= 0.6 is 0 Å². The van der Waals surface area contributed by atoms with Crippen LogP contribution in [-0.4, -0.2) is 31.0 Å². The first kappa shape index (κ1) is 13.0. The molecular formula is C13H20O3. The summed E-state index contributed by atoms with van der Waals surface area (Å²) in [6.45, 7) is 4.67. The topological polar surface area (TPSA) is 38.7 Å². The highest BCUT2D eigenvalue weighted by Crippen LogP contribution is 2.18. The molecule has 0 heterocycles. The average molecular weight is 224 g/mol. The van der Waals surface area contributed by atoms with Gasteiger partial charge in [0, 0.05) is 13.0 Å². The van der Waals surface area contributed by atoms with Gasteiger partial charge in [0.1, 0.15) is 5.75 Å². The van der Waals surface area contributed by atoms with Crippen LogP contribution in [0.5, 0.6) is 5.75 Å². The molecule has 0 bridgehead atoms. The summed E-state index contributed by atoms with van der Waals surface area (Å²) in [5, 5.41) is 10.1. The van der Waals surface area contributed by atoms with Gasteiger partial charge in [0.05, 0.1) is 19.3 Å². The lowest BCUT2D eigenvalue weighted by Gasteiger charge is -2.23. The van der Waals surface area contributed by atoms with E-state index in [-0.39, 0.29) is 0 Å². The van der Waals surface area contributed by atoms with E-state index in [1.165, 1.54) is 0 Å². The monoisotopic (exact) mass is 224 g/mol. The standard InChI is InChI=1S/C13H20O3/c1-4-16-10-13(2,14)9-11-6-5-7-12(8-11)15-3/h5-8,14H,4,9-10H2,1-3H3. The third-order valence-corrected chi connectivity index (χ3v) is 2.34. The minimum atomic E-state index is -0.831. The van der Waals surface area contributed by atoms with Crippen LogP contribution in [0.15, 0.2) is 24.3 Å². The summed E-state index contributed by atoms with van der Waals surface area (Å²) >= 11 is 0. The van der Waals surface area contributed by atoms with Crippen LogP contribution in [0, 0.1) is 0 Å². The van der Waals surface area contributed by atoms with Crippen molar-refractivity contribution >= 4 is 0 Å². The van der Waals surface area contributed by atoms with Gasteiger partial charge >= 0.3 is 0 Å². The second kappa shape index (κ2) is 5.87. The Bertz CT molecular complexity index is 321. The Morgan fingerprint density at radius 3 is 2.75 bits per heavy atom. The van der Waals surface area contributed by atoms with Gasteiger partial charge in [-0.2, -0.15) is 0 Å². The zero-order valence-electron chi connectivity index (χ0n) is 10.2. The van der Waals surface area contributed by atoms with Gasteiger partial charge in [-0.1, -0.05) is 12.1 Å². The lowest BCUT2D eigenvalue weighted by molar-refractivity contribution is -0.0296. The Morgan fingerprint density at radius 2 is 2.12 bits per heavy atom. The first-order valence-corrected chi connectivity index (χ1v) is 5.50. The van der Waals surface area contributed by atoms with Crippen molar-refractivity contribution in [3.05, 3.63) is 29.8 Å². The van der Waals surface area contributed by atoms with E-state index in [1.807, 2.05) is 31.2 Å². The predicted molar refractivity (Wildman–Crippen MR) is 63.8 cm³/mol. The molecule has 90 valence electrons. The van der Waals surface area contributed by atoms with Crippen LogP contribution in [0.1, 0.15) is 19.4 Å². The highest BCUT2D eigenvalue weighted by Gasteiger charge is 2.21. The molecule has 1 unspecified atom stereocenters. The van der Waals surface area contributed by atoms with Crippen LogP contribution in [-0.2, 0) is 11.2 Å². The Balaban J connectivity index is 2.63. The maximum Gasteiger partial charge on any atom is 0.119 e. The third-order valence-electron chi connectivity index (χ3n) is 2.34. The normalized spacial score (nSPS) is 14.5. The van der Waals surface area contributed by atoms with Gasteiger partial charge in [-0.25, -0.2) is 0 Å². The van der Waals surface area contributed by atoms with Gasteiger partial charge in [-0.05, 0) is 31.5 Å². The molecule has 0 aliphatic heterocycles. The van der Waals surface area contributed by atoms with E-state index in [2.05, 4.69) is 0 Å². The summed E-state index contributed by atoms with van der Waals surface area (Å²) in [6.07, 6.45) is 0.560. The van der Waals surface area contributed by atoms with E-state index in [1.54, 1.807) is 14.0 Å². The van der Waals surface area contributed by atoms with Gasteiger partial charge < -0.3 is 14.6 Å². The number of hydrogen-bond donors (Lipinski definition) is 1. The van der Waals surface area contributed by atoms with E-state index in [0.29, 0.717) is 19.6 Å². The van der Waals surface area contributed by atoms with Crippen LogP contribution < -0.4 is 4.74 Å². The fraction of sp³-hybridized carbons (Fsp3) is 0.538. The smallest absolute Gasteiger partial charge is 0.119 e. The fourth-order valence-electron chi connectivity index (χ4n) is 1.60. The first-order chi connectivity index (χ1) is 7.57. The van der Waals surface area contributed by atoms with Crippen molar-refractivity contribution in [2.24, 2.45) is 0 Å². The summed E-state index contributed by atoms with van der Waals surface area (Å²) in [4.78, 5) is 0. The molecule has 16 heavy (non-hydrogen) atoms. The van der Waals surface area contributed by atoms with Crippen molar-refractivity contribution in [2.75, 3.05) is 20.3 Å². The molecule has 1 aromatic rings. The number of methoxy groups -OCH3 is 1. The molecule has 0 fully saturated rings. The Labute approximate surface area is 97.0 Å². The highest BCUT2D eigenvalue weighted by molar-refractivity contribution is 5.29. The van der Waals surface area contributed by atoms with Crippen molar-refractivity contribution in [3.63, 3.8) is 0 Å². The van der Waals surface area contributed by atoms with Crippen molar-refractivity contribution in [2.45, 2.75) is 25.9 Å². The van der Waals surface area contributed by atoms with Crippen LogP contribution in [0.2, 0.25) is 0 Å². The number of rotatable bonds is 6. The van der Waals surface area contributed by atoms with Gasteiger partial charge in [-0.15, -0.1) is 0 Å². The summed E-state index contributed by atoms with van der Waals surface area (Å²) < 4.78 is 10.4. The zero-order valence-corrected chi connectivity index (χ0v) is 10.2. The highest BCUT2D eigenvalue weighted by atomic mass is 16.5. The molecule has 1 N–H and O–H groups in total. The molecule has 3 nitrogen and oxygen atoms in total. The van der Waals surface area contributed by atoms with Crippen molar-refractivity contribution in [3.8, 4) is 5.75 Å². The molecule has 0 aliphatic rings. The third kappa shape index (κ3) is 4.21. The number of aliphatic hydroxyl groups is 1. The second-order valence-electron chi connectivity index (χ2n) is 4.16. The van der Waals surface area contributed by atoms with Gasteiger partial charge in [-0.3, -0.25) is 0 Å². The number of ether oxygens (including phenoxy) is 2. The van der Waals surface area contributed by atoms with E-state index in [9.17, 15) is 5.11 Å². The quantitative estimate of drug-likeness (QED) is 0.803. The van der Waals surface area contributed by atoms with Crippen molar-refractivity contribution in [1.82, 2.24) is 0 Å². The van der Waals surface area contributed by atoms with Gasteiger partial charge in [0.15, 0.2) is 0 Å². The lowest BCUT2D eigenvalue weighted by atomic mass is 9.97. The molecule has 1 atom stereocenters. The molecule has 0 radical (unpaired) electrons. The van der Waals surface area contributed by atoms with Crippen molar-refractivity contribution in [1.29, 1.82) is 0 Å². The fourth-order valence-corrected chi connectivity index (χ4v) is 1.60. The van der Waals surface area contributed by atoms with E-state index in [0.717, 1.165) is 11.3 Å². The van der Waals surface area contributed by atoms with E-state index >= 15 is 0 Å². The van der Waals surface area contributed by atoms with Gasteiger partial charge in [0.25, 0.3) is 0 Å². The molecule has 1 rings (SSSR count). The van der Waals surface area contributed by atoms with E-state index in [4.69, 9.17) is 9.47 Å². The first-order valence-electron chi connectivity index (χ1n) is 5.50. The van der Waals surface area contributed by atoms with Crippen LogP contribution in [0.3, 0.4) is 0 Å². The molecule has 0 aliphatic carbocycles. The molecule has 0 aromatic heterocycles.